The van der Waals surface area contributed by atoms with Gasteiger partial charge >= 0.3 is 5.97 Å². The van der Waals surface area contributed by atoms with Crippen LogP contribution in [0.5, 0.6) is 0 Å². The van der Waals surface area contributed by atoms with E-state index < -0.39 is 5.97 Å². The average molecular weight is 368 g/mol. The predicted molar refractivity (Wildman–Crippen MR) is 97.7 cm³/mol. The first-order chi connectivity index (χ1) is 12.6. The maximum atomic E-state index is 10.5. The van der Waals surface area contributed by atoms with Crippen LogP contribution in [-0.4, -0.2) is 40.9 Å². The Hall–Kier alpha value is -1.21. The lowest BCUT2D eigenvalue weighted by atomic mass is 9.84. The van der Waals surface area contributed by atoms with Gasteiger partial charge in [-0.25, -0.2) is 4.89 Å². The molecular formula is C20H32O6. The highest BCUT2D eigenvalue weighted by molar-refractivity contribution is 5.66. The van der Waals surface area contributed by atoms with Crippen LogP contribution >= 0.6 is 0 Å². The van der Waals surface area contributed by atoms with Crippen molar-refractivity contribution < 1.29 is 29.5 Å². The van der Waals surface area contributed by atoms with Gasteiger partial charge in [-0.3, -0.25) is 10.1 Å². The van der Waals surface area contributed by atoms with E-state index in [9.17, 15) is 4.79 Å². The Morgan fingerprint density at radius 1 is 1.27 bits per heavy atom. The van der Waals surface area contributed by atoms with Crippen molar-refractivity contribution in [3.05, 3.63) is 24.3 Å². The number of carbonyl (C=O) groups is 1. The molecule has 5 atom stereocenters. The summed E-state index contributed by atoms with van der Waals surface area (Å²) in [5.41, 5.74) is 0. The van der Waals surface area contributed by atoms with Gasteiger partial charge in [0.25, 0.3) is 0 Å². The highest BCUT2D eigenvalue weighted by Crippen LogP contribution is 2.40. The Morgan fingerprint density at radius 2 is 2.08 bits per heavy atom. The van der Waals surface area contributed by atoms with Crippen LogP contribution in [0.15, 0.2) is 24.3 Å². The van der Waals surface area contributed by atoms with Gasteiger partial charge in [0.05, 0.1) is 12.2 Å². The molecule has 0 aliphatic carbocycles. The normalized spacial score (nSPS) is 29.2. The fraction of sp³-hybridized carbons (Fsp3) is 0.750. The molecule has 0 aromatic carbocycles. The highest BCUT2D eigenvalue weighted by Gasteiger charge is 2.46. The van der Waals surface area contributed by atoms with Gasteiger partial charge in [-0.2, -0.15) is 0 Å². The Morgan fingerprint density at radius 3 is 2.77 bits per heavy atom. The van der Waals surface area contributed by atoms with Crippen molar-refractivity contribution in [2.45, 2.75) is 89.3 Å². The van der Waals surface area contributed by atoms with Crippen LogP contribution in [0.4, 0.5) is 0 Å². The summed E-state index contributed by atoms with van der Waals surface area (Å²) in [5, 5.41) is 17.7. The fourth-order valence-corrected chi connectivity index (χ4v) is 3.45. The van der Waals surface area contributed by atoms with Crippen molar-refractivity contribution >= 4 is 5.97 Å². The van der Waals surface area contributed by atoms with E-state index in [0.717, 1.165) is 44.9 Å². The molecule has 0 amide bonds. The maximum absolute atomic E-state index is 10.5. The van der Waals surface area contributed by atoms with Crippen LogP contribution in [0.1, 0.15) is 64.7 Å². The number of carboxylic acids is 1. The molecule has 6 nitrogen and oxygen atoms in total. The van der Waals surface area contributed by atoms with E-state index in [1.807, 2.05) is 18.2 Å². The number of unbranched alkanes of at least 4 members (excludes halogenated alkanes) is 3. The van der Waals surface area contributed by atoms with E-state index in [1.54, 1.807) is 0 Å². The number of hydrogen-bond donors (Lipinski definition) is 2. The van der Waals surface area contributed by atoms with Gasteiger partial charge in [-0.15, -0.1) is 0 Å². The summed E-state index contributed by atoms with van der Waals surface area (Å²) in [7, 11) is 0. The molecule has 3 rings (SSSR count). The zero-order valence-electron chi connectivity index (χ0n) is 15.6. The number of rotatable bonds is 13. The minimum atomic E-state index is -0.752. The Balaban J connectivity index is 1.80. The first kappa shape index (κ1) is 21.1. The second kappa shape index (κ2) is 11.5. The third-order valence-corrected chi connectivity index (χ3v) is 5.04. The van der Waals surface area contributed by atoms with Crippen molar-refractivity contribution in [2.75, 3.05) is 0 Å². The molecule has 0 aromatic heterocycles. The molecule has 3 saturated heterocycles. The fourth-order valence-electron chi connectivity index (χ4n) is 3.45. The molecular weight excluding hydrogens is 336 g/mol. The van der Waals surface area contributed by atoms with Crippen LogP contribution in [0.2, 0.25) is 0 Å². The van der Waals surface area contributed by atoms with E-state index in [0.29, 0.717) is 6.42 Å². The zero-order chi connectivity index (χ0) is 18.8. The summed E-state index contributed by atoms with van der Waals surface area (Å²) in [6.45, 7) is 2.15. The van der Waals surface area contributed by atoms with E-state index in [2.05, 4.69) is 17.9 Å². The SMILES string of the molecule is CCCCC[C@@H](C=C[C@H]1O[C@H]2C[C@H](O2)[C@@H]1CC=CCCCC(=O)O)OO. The van der Waals surface area contributed by atoms with Crippen LogP contribution in [0.25, 0.3) is 0 Å². The highest BCUT2D eigenvalue weighted by atomic mass is 17.1. The summed E-state index contributed by atoms with van der Waals surface area (Å²) < 4.78 is 11.6. The Labute approximate surface area is 155 Å². The molecule has 0 saturated carbocycles. The number of fused-ring (bicyclic) bond motifs is 2. The molecule has 3 aliphatic heterocycles. The van der Waals surface area contributed by atoms with E-state index >= 15 is 0 Å². The lowest BCUT2D eigenvalue weighted by Crippen LogP contribution is -2.55. The molecule has 6 heteroatoms. The van der Waals surface area contributed by atoms with E-state index in [1.165, 1.54) is 0 Å². The number of ether oxygens (including phenoxy) is 2. The first-order valence-electron chi connectivity index (χ1n) is 9.80. The molecule has 2 N–H and O–H groups in total. The molecule has 26 heavy (non-hydrogen) atoms. The lowest BCUT2D eigenvalue weighted by molar-refractivity contribution is -0.337. The van der Waals surface area contributed by atoms with E-state index in [4.69, 9.17) is 19.8 Å². The summed E-state index contributed by atoms with van der Waals surface area (Å²) in [6.07, 6.45) is 15.3. The Bertz CT molecular complexity index is 469. The second-order valence-corrected chi connectivity index (χ2v) is 7.12. The molecule has 0 spiro atoms. The van der Waals surface area contributed by atoms with Crippen molar-refractivity contribution in [2.24, 2.45) is 5.92 Å². The topological polar surface area (TPSA) is 85.2 Å². The summed E-state index contributed by atoms with van der Waals surface area (Å²) >= 11 is 0. The van der Waals surface area contributed by atoms with Gasteiger partial charge in [-0.05, 0) is 25.7 Å². The molecule has 3 heterocycles. The quantitative estimate of drug-likeness (QED) is 0.218. The smallest absolute Gasteiger partial charge is 0.303 e. The summed E-state index contributed by atoms with van der Waals surface area (Å²) in [4.78, 5) is 15.1. The van der Waals surface area contributed by atoms with Crippen molar-refractivity contribution in [3.8, 4) is 0 Å². The number of allylic oxidation sites excluding steroid dienone is 2. The van der Waals surface area contributed by atoms with Gasteiger partial charge in [0.1, 0.15) is 6.10 Å². The third-order valence-electron chi connectivity index (χ3n) is 5.04. The van der Waals surface area contributed by atoms with Gasteiger partial charge < -0.3 is 14.6 Å². The first-order valence-corrected chi connectivity index (χ1v) is 9.80. The largest absolute Gasteiger partial charge is 0.481 e. The summed E-state index contributed by atoms with van der Waals surface area (Å²) in [6, 6.07) is 0. The lowest BCUT2D eigenvalue weighted by Gasteiger charge is -2.49. The number of hydrogen-bond acceptors (Lipinski definition) is 5. The van der Waals surface area contributed by atoms with Crippen molar-refractivity contribution in [1.29, 1.82) is 0 Å². The van der Waals surface area contributed by atoms with Crippen molar-refractivity contribution in [3.63, 3.8) is 0 Å². The third kappa shape index (κ3) is 6.83. The molecule has 0 aromatic rings. The predicted octanol–water partition coefficient (Wildman–Crippen LogP) is 4.31. The minimum Gasteiger partial charge on any atom is -0.481 e. The maximum Gasteiger partial charge on any atom is 0.303 e. The molecule has 148 valence electrons. The minimum absolute atomic E-state index is 0.0417. The number of carboxylic acid groups (broad SMARTS) is 1. The Kier molecular flexibility index (Phi) is 9.32. The van der Waals surface area contributed by atoms with Gasteiger partial charge in [0.15, 0.2) is 6.29 Å². The van der Waals surface area contributed by atoms with Crippen LogP contribution in [-0.2, 0) is 19.2 Å². The molecule has 2 bridgehead atoms. The van der Waals surface area contributed by atoms with Gasteiger partial charge in [0.2, 0.25) is 0 Å². The standard InChI is InChI=1S/C20H32O6/c1-2-3-6-9-15(26-23)12-13-17-16(18-14-20(24-17)25-18)10-7-4-5-8-11-19(21)22/h4,7,12-13,15-18,20,23H,2-3,5-6,8-11,14H2,1H3,(H,21,22)/t15-,16+,17+,18-,20+/m0/s1. The van der Waals surface area contributed by atoms with Gasteiger partial charge in [0, 0.05) is 18.8 Å². The zero-order valence-corrected chi connectivity index (χ0v) is 15.6. The van der Waals surface area contributed by atoms with Gasteiger partial charge in [-0.1, -0.05) is 50.5 Å². The van der Waals surface area contributed by atoms with Crippen LogP contribution in [0.3, 0.4) is 0 Å². The molecule has 3 fully saturated rings. The number of aliphatic carboxylic acids is 1. The molecule has 0 radical (unpaired) electrons. The summed E-state index contributed by atoms with van der Waals surface area (Å²) in [5.74, 6) is -0.514. The van der Waals surface area contributed by atoms with Crippen LogP contribution < -0.4 is 0 Å². The monoisotopic (exact) mass is 368 g/mol. The van der Waals surface area contributed by atoms with E-state index in [-0.39, 0.29) is 36.9 Å². The van der Waals surface area contributed by atoms with Crippen molar-refractivity contribution in [1.82, 2.24) is 0 Å². The second-order valence-electron chi connectivity index (χ2n) is 7.12. The molecule has 3 aliphatic rings. The molecule has 0 unspecified atom stereocenters. The van der Waals surface area contributed by atoms with Crippen LogP contribution in [0, 0.1) is 5.92 Å². The average Bonchev–Trinajstić information content (AvgIpc) is 2.60.